The van der Waals surface area contributed by atoms with Gasteiger partial charge >= 0.3 is 0 Å². The number of rotatable bonds is 4. The number of hydrogen-bond donors (Lipinski definition) is 2. The second-order valence-corrected chi connectivity index (χ2v) is 6.89. The van der Waals surface area contributed by atoms with E-state index in [0.717, 1.165) is 36.1 Å². The van der Waals surface area contributed by atoms with Crippen LogP contribution in [-0.4, -0.2) is 17.0 Å². The molecule has 3 aromatic rings. The highest BCUT2D eigenvalue weighted by atomic mass is 32.1. The van der Waals surface area contributed by atoms with Crippen molar-refractivity contribution in [1.82, 2.24) is 5.16 Å². The number of hydrogen-bond acceptors (Lipinski definition) is 6. The Morgan fingerprint density at radius 2 is 2.08 bits per heavy atom. The Morgan fingerprint density at radius 1 is 1.24 bits per heavy atom. The summed E-state index contributed by atoms with van der Waals surface area (Å²) < 4.78 is 10.3. The van der Waals surface area contributed by atoms with Gasteiger partial charge in [0.25, 0.3) is 11.8 Å². The van der Waals surface area contributed by atoms with Crippen molar-refractivity contribution < 1.29 is 18.5 Å². The molecule has 3 aromatic heterocycles. The Bertz CT molecular complexity index is 939. The second kappa shape index (κ2) is 6.21. The van der Waals surface area contributed by atoms with Crippen molar-refractivity contribution in [3.63, 3.8) is 0 Å². The van der Waals surface area contributed by atoms with Crippen LogP contribution in [0.2, 0.25) is 0 Å². The fraction of sp³-hybridized carbons (Fsp3) is 0.235. The predicted molar refractivity (Wildman–Crippen MR) is 91.6 cm³/mol. The number of thiophene rings is 1. The van der Waals surface area contributed by atoms with Crippen molar-refractivity contribution in [2.24, 2.45) is 5.73 Å². The van der Waals surface area contributed by atoms with Crippen molar-refractivity contribution in [3.05, 3.63) is 46.2 Å². The zero-order valence-electron chi connectivity index (χ0n) is 13.2. The Morgan fingerprint density at radius 3 is 2.84 bits per heavy atom. The van der Waals surface area contributed by atoms with E-state index in [-0.39, 0.29) is 5.69 Å². The van der Waals surface area contributed by atoms with E-state index in [0.29, 0.717) is 22.1 Å². The highest BCUT2D eigenvalue weighted by Gasteiger charge is 2.26. The minimum Gasteiger partial charge on any atom is -0.461 e. The SMILES string of the molecule is NC(=O)c1c(NC(=O)c2cc(-c3ccco3)on2)sc2c1CCCC2. The van der Waals surface area contributed by atoms with Gasteiger partial charge in [0.2, 0.25) is 5.76 Å². The van der Waals surface area contributed by atoms with Crippen LogP contribution in [0.3, 0.4) is 0 Å². The molecule has 3 N–H and O–H groups in total. The van der Waals surface area contributed by atoms with Gasteiger partial charge in [-0.1, -0.05) is 5.16 Å². The molecule has 0 spiro atoms. The molecule has 0 radical (unpaired) electrons. The van der Waals surface area contributed by atoms with Gasteiger partial charge in [-0.3, -0.25) is 9.59 Å². The molecule has 0 bridgehead atoms. The van der Waals surface area contributed by atoms with Gasteiger partial charge in [-0.2, -0.15) is 0 Å². The quantitative estimate of drug-likeness (QED) is 0.744. The molecule has 8 heteroatoms. The number of aryl methyl sites for hydroxylation is 1. The lowest BCUT2D eigenvalue weighted by Gasteiger charge is -2.11. The number of furan rings is 1. The minimum absolute atomic E-state index is 0.105. The fourth-order valence-corrected chi connectivity index (χ4v) is 4.29. The molecule has 0 fully saturated rings. The van der Waals surface area contributed by atoms with Crippen LogP contribution in [-0.2, 0) is 12.8 Å². The van der Waals surface area contributed by atoms with Crippen LogP contribution in [0.5, 0.6) is 0 Å². The first-order valence-corrected chi connectivity index (χ1v) is 8.71. The molecule has 0 aliphatic heterocycles. The van der Waals surface area contributed by atoms with E-state index < -0.39 is 11.8 Å². The van der Waals surface area contributed by atoms with Gasteiger partial charge in [-0.05, 0) is 43.4 Å². The van der Waals surface area contributed by atoms with Gasteiger partial charge in [-0.15, -0.1) is 11.3 Å². The molecule has 0 atom stereocenters. The highest BCUT2D eigenvalue weighted by molar-refractivity contribution is 7.17. The summed E-state index contributed by atoms with van der Waals surface area (Å²) in [5.74, 6) is -0.138. The average Bonchev–Trinajstić information content (AvgIpc) is 3.32. The summed E-state index contributed by atoms with van der Waals surface area (Å²) in [7, 11) is 0. The summed E-state index contributed by atoms with van der Waals surface area (Å²) in [5.41, 5.74) is 7.03. The first kappa shape index (κ1) is 15.6. The maximum atomic E-state index is 12.5. The lowest BCUT2D eigenvalue weighted by atomic mass is 9.95. The molecule has 0 aromatic carbocycles. The standard InChI is InChI=1S/C17H15N3O4S/c18-15(21)14-9-4-1-2-6-13(9)25-17(14)19-16(22)10-8-12(24-20-10)11-5-3-7-23-11/h3,5,7-8H,1-2,4,6H2,(H2,18,21)(H,19,22). The predicted octanol–water partition coefficient (Wildman–Crippen LogP) is 3.23. The van der Waals surface area contributed by atoms with E-state index in [2.05, 4.69) is 10.5 Å². The molecule has 25 heavy (non-hydrogen) atoms. The van der Waals surface area contributed by atoms with Gasteiger partial charge in [0.1, 0.15) is 5.00 Å². The number of nitrogens with two attached hydrogens (primary N) is 1. The summed E-state index contributed by atoms with van der Waals surface area (Å²) in [6.45, 7) is 0. The third-order valence-electron chi connectivity index (χ3n) is 4.15. The first-order valence-electron chi connectivity index (χ1n) is 7.90. The molecule has 0 unspecified atom stereocenters. The van der Waals surface area contributed by atoms with Crippen LogP contribution in [0.15, 0.2) is 33.4 Å². The van der Waals surface area contributed by atoms with E-state index in [1.165, 1.54) is 23.7 Å². The number of nitrogens with one attached hydrogen (secondary N) is 1. The summed E-state index contributed by atoms with van der Waals surface area (Å²) in [6, 6.07) is 4.92. The Labute approximate surface area is 146 Å². The number of carbonyl (C=O) groups excluding carboxylic acids is 2. The van der Waals surface area contributed by atoms with Gasteiger partial charge < -0.3 is 20.0 Å². The molecule has 7 nitrogen and oxygen atoms in total. The van der Waals surface area contributed by atoms with Crippen LogP contribution in [0, 0.1) is 0 Å². The maximum absolute atomic E-state index is 12.5. The third kappa shape index (κ3) is 2.85. The van der Waals surface area contributed by atoms with Crippen molar-refractivity contribution in [1.29, 1.82) is 0 Å². The first-order chi connectivity index (χ1) is 12.1. The minimum atomic E-state index is -0.522. The van der Waals surface area contributed by atoms with Gasteiger partial charge in [0.15, 0.2) is 11.5 Å². The molecule has 1 aliphatic rings. The molecule has 3 heterocycles. The summed E-state index contributed by atoms with van der Waals surface area (Å²) in [6.07, 6.45) is 5.32. The Hall–Kier alpha value is -2.87. The monoisotopic (exact) mass is 357 g/mol. The zero-order chi connectivity index (χ0) is 17.4. The van der Waals surface area contributed by atoms with E-state index in [9.17, 15) is 9.59 Å². The van der Waals surface area contributed by atoms with E-state index in [1.54, 1.807) is 12.1 Å². The Kier molecular flexibility index (Phi) is 3.89. The Balaban J connectivity index is 1.61. The van der Waals surface area contributed by atoms with Crippen molar-refractivity contribution >= 4 is 28.2 Å². The summed E-state index contributed by atoms with van der Waals surface area (Å²) >= 11 is 1.41. The number of nitrogens with zero attached hydrogens (tertiary/aromatic N) is 1. The number of amides is 2. The van der Waals surface area contributed by atoms with Crippen molar-refractivity contribution in [2.45, 2.75) is 25.7 Å². The largest absolute Gasteiger partial charge is 0.461 e. The van der Waals surface area contributed by atoms with Crippen LogP contribution >= 0.6 is 11.3 Å². The number of aromatic nitrogens is 1. The highest BCUT2D eigenvalue weighted by Crippen LogP contribution is 2.38. The molecule has 4 rings (SSSR count). The second-order valence-electron chi connectivity index (χ2n) is 5.79. The number of carbonyl (C=O) groups is 2. The lowest BCUT2D eigenvalue weighted by molar-refractivity contribution is 0.100. The normalized spacial score (nSPS) is 13.4. The lowest BCUT2D eigenvalue weighted by Crippen LogP contribution is -2.18. The molecule has 2 amide bonds. The fourth-order valence-electron chi connectivity index (χ4n) is 3.00. The van der Waals surface area contributed by atoms with Crippen molar-refractivity contribution in [2.75, 3.05) is 5.32 Å². The molecule has 0 saturated carbocycles. The number of primary amides is 1. The summed E-state index contributed by atoms with van der Waals surface area (Å²) in [5, 5.41) is 6.99. The average molecular weight is 357 g/mol. The van der Waals surface area contributed by atoms with Gasteiger partial charge in [-0.25, -0.2) is 0 Å². The zero-order valence-corrected chi connectivity index (χ0v) is 14.0. The number of anilines is 1. The van der Waals surface area contributed by atoms with E-state index in [4.69, 9.17) is 14.7 Å². The van der Waals surface area contributed by atoms with Crippen molar-refractivity contribution in [3.8, 4) is 11.5 Å². The third-order valence-corrected chi connectivity index (χ3v) is 5.36. The van der Waals surface area contributed by atoms with Crippen LogP contribution in [0.25, 0.3) is 11.5 Å². The number of fused-ring (bicyclic) bond motifs is 1. The topological polar surface area (TPSA) is 111 Å². The van der Waals surface area contributed by atoms with Crippen LogP contribution in [0.1, 0.15) is 44.1 Å². The molecule has 128 valence electrons. The van der Waals surface area contributed by atoms with Crippen LogP contribution < -0.4 is 11.1 Å². The molecule has 0 saturated heterocycles. The van der Waals surface area contributed by atoms with Crippen LogP contribution in [0.4, 0.5) is 5.00 Å². The van der Waals surface area contributed by atoms with E-state index >= 15 is 0 Å². The molecule has 1 aliphatic carbocycles. The molecular weight excluding hydrogens is 342 g/mol. The van der Waals surface area contributed by atoms with E-state index in [1.807, 2.05) is 0 Å². The van der Waals surface area contributed by atoms with Gasteiger partial charge in [0.05, 0.1) is 11.8 Å². The van der Waals surface area contributed by atoms with Gasteiger partial charge in [0, 0.05) is 10.9 Å². The summed E-state index contributed by atoms with van der Waals surface area (Å²) in [4.78, 5) is 25.5. The maximum Gasteiger partial charge on any atom is 0.278 e. The molecular formula is C17H15N3O4S. The smallest absolute Gasteiger partial charge is 0.278 e.